The topological polar surface area (TPSA) is 115 Å². The fourth-order valence-corrected chi connectivity index (χ4v) is 4.71. The van der Waals surface area contributed by atoms with Crippen molar-refractivity contribution in [1.29, 1.82) is 0 Å². The van der Waals surface area contributed by atoms with Crippen molar-refractivity contribution in [3.8, 4) is 0 Å². The number of non-ortho nitro benzene ring substituents is 1. The molecule has 0 radical (unpaired) electrons. The molecule has 0 unspecified atom stereocenters. The molecule has 3 heterocycles. The Kier molecular flexibility index (Phi) is 5.51. The number of thioether (sulfide) groups is 1. The highest BCUT2D eigenvalue weighted by Crippen LogP contribution is 2.27. The molecule has 10 heteroatoms. The molecule has 0 fully saturated rings. The summed E-state index contributed by atoms with van der Waals surface area (Å²) in [7, 11) is 0. The molecule has 1 N–H and O–H groups in total. The summed E-state index contributed by atoms with van der Waals surface area (Å²) in [5, 5.41) is 24.7. The van der Waals surface area contributed by atoms with E-state index >= 15 is 0 Å². The lowest BCUT2D eigenvalue weighted by molar-refractivity contribution is -0.384. The minimum absolute atomic E-state index is 0.0824. The molecule has 9 nitrogen and oxygen atoms in total. The van der Waals surface area contributed by atoms with Gasteiger partial charge in [-0.05, 0) is 43.5 Å². The fourth-order valence-electron chi connectivity index (χ4n) is 3.81. The molecule has 5 aromatic rings. The Labute approximate surface area is 193 Å². The van der Waals surface area contributed by atoms with E-state index in [1.807, 2.05) is 42.6 Å². The zero-order chi connectivity index (χ0) is 22.9. The van der Waals surface area contributed by atoms with Gasteiger partial charge in [-0.3, -0.25) is 15.2 Å². The zero-order valence-corrected chi connectivity index (χ0v) is 19.0. The number of aryl methyl sites for hydroxylation is 3. The van der Waals surface area contributed by atoms with Crippen molar-refractivity contribution in [2.75, 3.05) is 0 Å². The Morgan fingerprint density at radius 2 is 1.85 bits per heavy atom. The van der Waals surface area contributed by atoms with Crippen molar-refractivity contribution in [3.63, 3.8) is 0 Å². The summed E-state index contributed by atoms with van der Waals surface area (Å²) in [6, 6.07) is 14.5. The largest absolute Gasteiger partial charge is 0.282 e. The minimum atomic E-state index is -0.394. The number of aromatic amines is 1. The van der Waals surface area contributed by atoms with Crippen LogP contribution >= 0.6 is 11.8 Å². The van der Waals surface area contributed by atoms with E-state index in [0.717, 1.165) is 50.9 Å². The molecule has 0 spiro atoms. The number of nitro benzene ring substituents is 1. The van der Waals surface area contributed by atoms with Crippen LogP contribution in [-0.2, 0) is 18.6 Å². The highest BCUT2D eigenvalue weighted by Gasteiger charge is 2.15. The molecule has 166 valence electrons. The molecule has 0 amide bonds. The summed E-state index contributed by atoms with van der Waals surface area (Å²) >= 11 is 1.53. The molecule has 0 saturated heterocycles. The van der Waals surface area contributed by atoms with Gasteiger partial charge in [0.2, 0.25) is 0 Å². The zero-order valence-electron chi connectivity index (χ0n) is 18.1. The monoisotopic (exact) mass is 459 g/mol. The van der Waals surface area contributed by atoms with E-state index in [4.69, 9.17) is 15.1 Å². The molecule has 0 aliphatic rings. The number of para-hydroxylation sites is 1. The maximum atomic E-state index is 10.9. The number of aromatic nitrogens is 6. The number of nitro groups is 1. The number of rotatable bonds is 7. The maximum absolute atomic E-state index is 10.9. The molecule has 33 heavy (non-hydrogen) atoms. The molecule has 0 bridgehead atoms. The van der Waals surface area contributed by atoms with E-state index in [2.05, 4.69) is 10.2 Å². The maximum Gasteiger partial charge on any atom is 0.269 e. The average molecular weight is 460 g/mol. The Morgan fingerprint density at radius 3 is 2.58 bits per heavy atom. The lowest BCUT2D eigenvalue weighted by atomic mass is 10.1. The van der Waals surface area contributed by atoms with Gasteiger partial charge in [-0.15, -0.1) is 5.10 Å². The predicted octanol–water partition coefficient (Wildman–Crippen LogP) is 4.60. The van der Waals surface area contributed by atoms with Crippen LogP contribution in [0.25, 0.3) is 16.6 Å². The van der Waals surface area contributed by atoms with Gasteiger partial charge in [-0.2, -0.15) is 9.61 Å². The Morgan fingerprint density at radius 1 is 1.06 bits per heavy atom. The predicted molar refractivity (Wildman–Crippen MR) is 126 cm³/mol. The second kappa shape index (κ2) is 8.62. The van der Waals surface area contributed by atoms with E-state index in [1.54, 1.807) is 12.1 Å². The summed E-state index contributed by atoms with van der Waals surface area (Å²) in [5.41, 5.74) is 5.97. The third kappa shape index (κ3) is 4.17. The van der Waals surface area contributed by atoms with Gasteiger partial charge in [0.25, 0.3) is 5.69 Å². The number of hydrogen-bond donors (Lipinski definition) is 1. The van der Waals surface area contributed by atoms with Crippen molar-refractivity contribution >= 4 is 34.0 Å². The molecule has 0 saturated carbocycles. The van der Waals surface area contributed by atoms with Gasteiger partial charge >= 0.3 is 0 Å². The van der Waals surface area contributed by atoms with E-state index in [-0.39, 0.29) is 5.69 Å². The quantitative estimate of drug-likeness (QED) is 0.164. The average Bonchev–Trinajstić information content (AvgIpc) is 3.39. The van der Waals surface area contributed by atoms with Gasteiger partial charge in [0.05, 0.1) is 16.1 Å². The van der Waals surface area contributed by atoms with E-state index in [1.165, 1.54) is 29.5 Å². The normalized spacial score (nSPS) is 11.5. The lowest BCUT2D eigenvalue weighted by Gasteiger charge is -2.06. The molecule has 0 aliphatic heterocycles. The molecular weight excluding hydrogens is 438 g/mol. The molecule has 2 aromatic carbocycles. The summed E-state index contributed by atoms with van der Waals surface area (Å²) in [5.74, 6) is 1.37. The summed E-state index contributed by atoms with van der Waals surface area (Å²) in [4.78, 5) is 20.2. The first-order chi connectivity index (χ1) is 16.0. The van der Waals surface area contributed by atoms with Gasteiger partial charge in [0, 0.05) is 35.4 Å². The standard InChI is InChI=1S/C23H21N7O2S/c1-14-18(15(2)27-26-14)11-12-21-25-22-19-5-3-4-6-20(19)24-23(29(22)28-21)33-13-16-7-9-17(10-8-16)30(31)32/h3-10H,11-13H2,1-2H3,(H,26,27). The van der Waals surface area contributed by atoms with Crippen molar-refractivity contribution in [2.24, 2.45) is 0 Å². The smallest absolute Gasteiger partial charge is 0.269 e. The van der Waals surface area contributed by atoms with Gasteiger partial charge in [0.15, 0.2) is 16.6 Å². The van der Waals surface area contributed by atoms with Gasteiger partial charge < -0.3 is 0 Å². The van der Waals surface area contributed by atoms with Gasteiger partial charge in [0.1, 0.15) is 0 Å². The van der Waals surface area contributed by atoms with Crippen LogP contribution in [-0.4, -0.2) is 34.7 Å². The van der Waals surface area contributed by atoms with Crippen molar-refractivity contribution in [2.45, 2.75) is 37.6 Å². The lowest BCUT2D eigenvalue weighted by Crippen LogP contribution is -2.00. The first-order valence-electron chi connectivity index (χ1n) is 10.5. The van der Waals surface area contributed by atoms with E-state index < -0.39 is 4.92 Å². The van der Waals surface area contributed by atoms with Crippen LogP contribution in [0.1, 0.15) is 28.3 Å². The van der Waals surface area contributed by atoms with Crippen molar-refractivity contribution in [1.82, 2.24) is 29.8 Å². The van der Waals surface area contributed by atoms with Crippen LogP contribution < -0.4 is 0 Å². The third-order valence-electron chi connectivity index (χ3n) is 5.59. The number of H-pyrrole nitrogens is 1. The van der Waals surface area contributed by atoms with Crippen LogP contribution in [0.15, 0.2) is 53.7 Å². The third-order valence-corrected chi connectivity index (χ3v) is 6.59. The van der Waals surface area contributed by atoms with Crippen LogP contribution in [0.5, 0.6) is 0 Å². The van der Waals surface area contributed by atoms with Gasteiger partial charge in [-0.25, -0.2) is 9.97 Å². The first kappa shape index (κ1) is 21.1. The highest BCUT2D eigenvalue weighted by atomic mass is 32.2. The number of benzene rings is 2. The minimum Gasteiger partial charge on any atom is -0.282 e. The van der Waals surface area contributed by atoms with Gasteiger partial charge in [-0.1, -0.05) is 36.0 Å². The number of nitrogens with zero attached hydrogens (tertiary/aromatic N) is 6. The number of fused-ring (bicyclic) bond motifs is 3. The van der Waals surface area contributed by atoms with Crippen LogP contribution in [0.2, 0.25) is 0 Å². The Balaban J connectivity index is 1.46. The molecule has 5 rings (SSSR count). The van der Waals surface area contributed by atoms with E-state index in [0.29, 0.717) is 12.2 Å². The number of hydrogen-bond acceptors (Lipinski definition) is 7. The molecular formula is C23H21N7O2S. The second-order valence-electron chi connectivity index (χ2n) is 7.80. The summed E-state index contributed by atoms with van der Waals surface area (Å²) < 4.78 is 1.81. The van der Waals surface area contributed by atoms with E-state index in [9.17, 15) is 10.1 Å². The van der Waals surface area contributed by atoms with Crippen LogP contribution in [0.4, 0.5) is 5.69 Å². The summed E-state index contributed by atoms with van der Waals surface area (Å²) in [6.07, 6.45) is 1.51. The first-order valence-corrected chi connectivity index (χ1v) is 11.5. The second-order valence-corrected chi connectivity index (χ2v) is 8.74. The molecule has 0 aliphatic carbocycles. The molecule has 3 aromatic heterocycles. The Bertz CT molecular complexity index is 1450. The van der Waals surface area contributed by atoms with Crippen LogP contribution in [0.3, 0.4) is 0 Å². The molecule has 0 atom stereocenters. The Hall–Kier alpha value is -3.79. The fraction of sp³-hybridized carbons (Fsp3) is 0.217. The SMILES string of the molecule is Cc1n[nH]c(C)c1CCc1nc2c3ccccc3nc(SCc3ccc([N+](=O)[O-])cc3)n2n1. The van der Waals surface area contributed by atoms with Crippen molar-refractivity contribution < 1.29 is 4.92 Å². The summed E-state index contributed by atoms with van der Waals surface area (Å²) in [6.45, 7) is 4.02. The number of nitrogens with one attached hydrogen (secondary N) is 1. The highest BCUT2D eigenvalue weighted by molar-refractivity contribution is 7.98. The van der Waals surface area contributed by atoms with Crippen molar-refractivity contribution in [3.05, 3.63) is 87.0 Å². The van der Waals surface area contributed by atoms with Crippen LogP contribution in [0, 0.1) is 24.0 Å².